The summed E-state index contributed by atoms with van der Waals surface area (Å²) in [7, 11) is 0. The van der Waals surface area contributed by atoms with Gasteiger partial charge in [0.05, 0.1) is 12.3 Å². The lowest BCUT2D eigenvalue weighted by Gasteiger charge is -2.15. The molecule has 0 spiro atoms. The highest BCUT2D eigenvalue weighted by Gasteiger charge is 2.22. The monoisotopic (exact) mass is 361 g/mol. The van der Waals surface area contributed by atoms with Gasteiger partial charge in [-0.1, -0.05) is 46.3 Å². The number of rotatable bonds is 6. The van der Waals surface area contributed by atoms with E-state index in [1.54, 1.807) is 12.1 Å². The summed E-state index contributed by atoms with van der Waals surface area (Å²) in [5, 5.41) is 11.8. The molecule has 2 aromatic carbocycles. The third-order valence-corrected chi connectivity index (χ3v) is 3.76. The molecule has 2 rings (SSSR count). The Morgan fingerprint density at radius 1 is 1.05 bits per heavy atom. The van der Waals surface area contributed by atoms with Gasteiger partial charge in [-0.05, 0) is 36.2 Å². The lowest BCUT2D eigenvalue weighted by atomic mass is 9.95. The summed E-state index contributed by atoms with van der Waals surface area (Å²) in [6.45, 7) is 0. The Hall–Kier alpha value is -2.14. The molecule has 0 unspecified atom stereocenters. The number of carboxylic acid groups (broad SMARTS) is 1. The second-order valence-corrected chi connectivity index (χ2v) is 5.90. The van der Waals surface area contributed by atoms with E-state index >= 15 is 0 Å². The standard InChI is InChI=1S/C17H16BrNO3/c18-14-8-6-12(7-9-14)10-13(11-16(20)21)17(22)19-15-4-2-1-3-5-15/h1-9,13H,10-11H2,(H,19,22)(H,20,21)/t13-/m0/s1. The highest BCUT2D eigenvalue weighted by Crippen LogP contribution is 2.18. The van der Waals surface area contributed by atoms with Crippen LogP contribution in [0.2, 0.25) is 0 Å². The maximum absolute atomic E-state index is 12.3. The van der Waals surface area contributed by atoms with Crippen LogP contribution >= 0.6 is 15.9 Å². The van der Waals surface area contributed by atoms with Crippen molar-refractivity contribution >= 4 is 33.5 Å². The number of carbonyl (C=O) groups is 2. The molecule has 4 nitrogen and oxygen atoms in total. The molecule has 0 aliphatic heterocycles. The van der Waals surface area contributed by atoms with Gasteiger partial charge in [0.1, 0.15) is 0 Å². The molecule has 22 heavy (non-hydrogen) atoms. The summed E-state index contributed by atoms with van der Waals surface area (Å²) in [5.41, 5.74) is 1.59. The van der Waals surface area contributed by atoms with Crippen LogP contribution in [0.4, 0.5) is 5.69 Å². The fourth-order valence-electron chi connectivity index (χ4n) is 2.14. The predicted octanol–water partition coefficient (Wildman–Crippen LogP) is 3.72. The van der Waals surface area contributed by atoms with Crippen LogP contribution in [0, 0.1) is 5.92 Å². The number of carbonyl (C=O) groups excluding carboxylic acids is 1. The van der Waals surface area contributed by atoms with Crippen molar-refractivity contribution in [2.24, 2.45) is 5.92 Å². The van der Waals surface area contributed by atoms with Gasteiger partial charge in [0.2, 0.25) is 5.91 Å². The van der Waals surface area contributed by atoms with Crippen LogP contribution in [0.1, 0.15) is 12.0 Å². The fraction of sp³-hybridized carbons (Fsp3) is 0.176. The van der Waals surface area contributed by atoms with Gasteiger partial charge in [0, 0.05) is 10.2 Å². The van der Waals surface area contributed by atoms with Crippen molar-refractivity contribution in [2.75, 3.05) is 5.32 Å². The molecule has 0 aliphatic rings. The van der Waals surface area contributed by atoms with Crippen LogP contribution in [-0.2, 0) is 16.0 Å². The summed E-state index contributed by atoms with van der Waals surface area (Å²) < 4.78 is 0.944. The minimum absolute atomic E-state index is 0.200. The van der Waals surface area contributed by atoms with Gasteiger partial charge in [0.15, 0.2) is 0 Å². The van der Waals surface area contributed by atoms with Crippen molar-refractivity contribution in [3.8, 4) is 0 Å². The summed E-state index contributed by atoms with van der Waals surface area (Å²) in [6, 6.07) is 16.6. The third kappa shape index (κ3) is 5.00. The number of halogens is 1. The van der Waals surface area contributed by atoms with Gasteiger partial charge in [-0.3, -0.25) is 9.59 Å². The van der Waals surface area contributed by atoms with Gasteiger partial charge in [-0.15, -0.1) is 0 Å². The zero-order valence-electron chi connectivity index (χ0n) is 11.8. The van der Waals surface area contributed by atoms with Gasteiger partial charge in [0.25, 0.3) is 0 Å². The Kier molecular flexibility index (Phi) is 5.72. The molecule has 0 aromatic heterocycles. The first kappa shape index (κ1) is 16.2. The first-order valence-electron chi connectivity index (χ1n) is 6.87. The van der Waals surface area contributed by atoms with E-state index in [-0.39, 0.29) is 12.3 Å². The van der Waals surface area contributed by atoms with Gasteiger partial charge >= 0.3 is 5.97 Å². The number of amides is 1. The molecule has 1 amide bonds. The van der Waals surface area contributed by atoms with E-state index < -0.39 is 11.9 Å². The van der Waals surface area contributed by atoms with Gasteiger partial charge in [-0.2, -0.15) is 0 Å². The number of carboxylic acids is 1. The molecule has 0 bridgehead atoms. The average Bonchev–Trinajstić information content (AvgIpc) is 2.49. The van der Waals surface area contributed by atoms with Crippen LogP contribution in [0.15, 0.2) is 59.1 Å². The number of nitrogens with one attached hydrogen (secondary N) is 1. The summed E-state index contributed by atoms with van der Waals surface area (Å²) in [4.78, 5) is 23.4. The highest BCUT2D eigenvalue weighted by molar-refractivity contribution is 9.10. The predicted molar refractivity (Wildman–Crippen MR) is 88.7 cm³/mol. The number of hydrogen-bond donors (Lipinski definition) is 2. The number of para-hydroxylation sites is 1. The molecule has 0 aliphatic carbocycles. The van der Waals surface area contributed by atoms with Crippen molar-refractivity contribution in [3.63, 3.8) is 0 Å². The lowest BCUT2D eigenvalue weighted by molar-refractivity contribution is -0.140. The molecule has 0 saturated carbocycles. The van der Waals surface area contributed by atoms with Gasteiger partial charge in [-0.25, -0.2) is 0 Å². The van der Waals surface area contributed by atoms with Crippen LogP contribution in [0.5, 0.6) is 0 Å². The van der Waals surface area contributed by atoms with E-state index in [1.165, 1.54) is 0 Å². The minimum Gasteiger partial charge on any atom is -0.481 e. The van der Waals surface area contributed by atoms with E-state index in [9.17, 15) is 9.59 Å². The van der Waals surface area contributed by atoms with E-state index in [0.717, 1.165) is 10.0 Å². The van der Waals surface area contributed by atoms with E-state index in [4.69, 9.17) is 5.11 Å². The summed E-state index contributed by atoms with van der Waals surface area (Å²) >= 11 is 3.35. The van der Waals surface area contributed by atoms with Gasteiger partial charge < -0.3 is 10.4 Å². The second-order valence-electron chi connectivity index (χ2n) is 4.98. The molecule has 0 radical (unpaired) electrons. The first-order chi connectivity index (χ1) is 10.5. The Morgan fingerprint density at radius 2 is 1.68 bits per heavy atom. The molecular formula is C17H16BrNO3. The molecule has 2 N–H and O–H groups in total. The Morgan fingerprint density at radius 3 is 2.27 bits per heavy atom. The molecule has 1 atom stereocenters. The fourth-order valence-corrected chi connectivity index (χ4v) is 2.40. The van der Waals surface area contributed by atoms with Crippen LogP contribution in [-0.4, -0.2) is 17.0 Å². The Balaban J connectivity index is 2.09. The third-order valence-electron chi connectivity index (χ3n) is 3.23. The largest absolute Gasteiger partial charge is 0.481 e. The quantitative estimate of drug-likeness (QED) is 0.823. The Labute approximate surface area is 137 Å². The zero-order valence-corrected chi connectivity index (χ0v) is 13.4. The second kappa shape index (κ2) is 7.75. The number of anilines is 1. The Bertz CT molecular complexity index is 641. The first-order valence-corrected chi connectivity index (χ1v) is 7.66. The lowest BCUT2D eigenvalue weighted by Crippen LogP contribution is -2.27. The van der Waals surface area contributed by atoms with Crippen molar-refractivity contribution in [1.29, 1.82) is 0 Å². The minimum atomic E-state index is -0.981. The van der Waals surface area contributed by atoms with Crippen LogP contribution in [0.25, 0.3) is 0 Å². The van der Waals surface area contributed by atoms with E-state index in [0.29, 0.717) is 12.1 Å². The number of benzene rings is 2. The molecule has 5 heteroatoms. The molecule has 114 valence electrons. The number of aliphatic carboxylic acids is 1. The zero-order chi connectivity index (χ0) is 15.9. The molecular weight excluding hydrogens is 346 g/mol. The van der Waals surface area contributed by atoms with Crippen LogP contribution in [0.3, 0.4) is 0 Å². The van der Waals surface area contributed by atoms with Crippen molar-refractivity contribution in [3.05, 3.63) is 64.6 Å². The normalized spacial score (nSPS) is 11.7. The number of hydrogen-bond acceptors (Lipinski definition) is 2. The van der Waals surface area contributed by atoms with Crippen molar-refractivity contribution in [2.45, 2.75) is 12.8 Å². The van der Waals surface area contributed by atoms with E-state index in [1.807, 2.05) is 42.5 Å². The average molecular weight is 362 g/mol. The van der Waals surface area contributed by atoms with Crippen molar-refractivity contribution < 1.29 is 14.7 Å². The SMILES string of the molecule is O=C(O)C[C@H](Cc1ccc(Br)cc1)C(=O)Nc1ccccc1. The summed E-state index contributed by atoms with van der Waals surface area (Å²) in [5.74, 6) is -1.87. The molecule has 0 fully saturated rings. The highest BCUT2D eigenvalue weighted by atomic mass is 79.9. The van der Waals surface area contributed by atoms with Crippen molar-refractivity contribution in [1.82, 2.24) is 0 Å². The molecule has 0 heterocycles. The van der Waals surface area contributed by atoms with Crippen LogP contribution < -0.4 is 5.32 Å². The molecule has 2 aromatic rings. The summed E-state index contributed by atoms with van der Waals surface area (Å²) in [6.07, 6.45) is 0.187. The smallest absolute Gasteiger partial charge is 0.304 e. The molecule has 0 saturated heterocycles. The maximum atomic E-state index is 12.3. The van der Waals surface area contributed by atoms with E-state index in [2.05, 4.69) is 21.2 Å². The maximum Gasteiger partial charge on any atom is 0.304 e. The topological polar surface area (TPSA) is 66.4 Å².